The van der Waals surface area contributed by atoms with Gasteiger partial charge in [-0.15, -0.1) is 0 Å². The van der Waals surface area contributed by atoms with Gasteiger partial charge in [0.15, 0.2) is 5.78 Å². The first-order chi connectivity index (χ1) is 9.89. The van der Waals surface area contributed by atoms with Gasteiger partial charge in [-0.3, -0.25) is 9.59 Å². The Balaban J connectivity index is 2.04. The summed E-state index contributed by atoms with van der Waals surface area (Å²) in [6, 6.07) is 12.9. The molecule has 2 aromatic carbocycles. The first-order valence-corrected chi connectivity index (χ1v) is 6.97. The van der Waals surface area contributed by atoms with Crippen LogP contribution in [0.3, 0.4) is 0 Å². The Bertz CT molecular complexity index is 760. The first kappa shape index (κ1) is 13.6. The summed E-state index contributed by atoms with van der Waals surface area (Å²) in [6.45, 7) is 5.70. The molecule has 21 heavy (non-hydrogen) atoms. The van der Waals surface area contributed by atoms with Gasteiger partial charge in [0, 0.05) is 16.8 Å². The van der Waals surface area contributed by atoms with E-state index in [-0.39, 0.29) is 11.7 Å². The third kappa shape index (κ3) is 2.15. The van der Waals surface area contributed by atoms with Crippen molar-refractivity contribution in [3.8, 4) is 0 Å². The highest BCUT2D eigenvalue weighted by Gasteiger charge is 2.38. The Morgan fingerprint density at radius 1 is 1.05 bits per heavy atom. The van der Waals surface area contributed by atoms with E-state index < -0.39 is 5.41 Å². The number of nitrogens with one attached hydrogen (secondary N) is 1. The average Bonchev–Trinajstić information content (AvgIpc) is 2.68. The molecule has 3 heteroatoms. The zero-order valence-electron chi connectivity index (χ0n) is 12.4. The summed E-state index contributed by atoms with van der Waals surface area (Å²) >= 11 is 0. The van der Waals surface area contributed by atoms with Gasteiger partial charge < -0.3 is 5.32 Å². The number of hydrogen-bond acceptors (Lipinski definition) is 2. The Morgan fingerprint density at radius 2 is 1.76 bits per heavy atom. The molecule has 0 atom stereocenters. The Morgan fingerprint density at radius 3 is 2.48 bits per heavy atom. The fourth-order valence-electron chi connectivity index (χ4n) is 2.67. The molecule has 1 aliphatic rings. The van der Waals surface area contributed by atoms with Gasteiger partial charge in [0.05, 0.1) is 5.41 Å². The van der Waals surface area contributed by atoms with Crippen LogP contribution in [-0.2, 0) is 10.2 Å². The molecule has 1 N–H and O–H groups in total. The quantitative estimate of drug-likeness (QED) is 0.856. The van der Waals surface area contributed by atoms with E-state index in [1.807, 2.05) is 57.2 Å². The van der Waals surface area contributed by atoms with Crippen LogP contribution >= 0.6 is 0 Å². The van der Waals surface area contributed by atoms with Crippen molar-refractivity contribution in [1.82, 2.24) is 0 Å². The maximum Gasteiger partial charge on any atom is 0.234 e. The molecule has 0 aliphatic carbocycles. The molecular formula is C18H17NO2. The highest BCUT2D eigenvalue weighted by molar-refractivity contribution is 6.11. The van der Waals surface area contributed by atoms with Gasteiger partial charge in [-0.25, -0.2) is 0 Å². The van der Waals surface area contributed by atoms with Crippen molar-refractivity contribution in [2.75, 3.05) is 5.32 Å². The summed E-state index contributed by atoms with van der Waals surface area (Å²) in [5, 5.41) is 2.85. The third-order valence-electron chi connectivity index (χ3n) is 4.05. The van der Waals surface area contributed by atoms with E-state index in [9.17, 15) is 9.59 Å². The van der Waals surface area contributed by atoms with Crippen LogP contribution in [-0.4, -0.2) is 11.7 Å². The summed E-state index contributed by atoms with van der Waals surface area (Å²) in [5.74, 6) is -0.0469. The highest BCUT2D eigenvalue weighted by Crippen LogP contribution is 2.37. The van der Waals surface area contributed by atoms with Crippen LogP contribution in [0.4, 0.5) is 5.69 Å². The van der Waals surface area contributed by atoms with Crippen LogP contribution in [0.25, 0.3) is 0 Å². The molecule has 0 aromatic heterocycles. The van der Waals surface area contributed by atoms with Gasteiger partial charge in [-0.05, 0) is 50.6 Å². The van der Waals surface area contributed by atoms with Gasteiger partial charge in [0.25, 0.3) is 0 Å². The van der Waals surface area contributed by atoms with E-state index in [1.165, 1.54) is 0 Å². The number of hydrogen-bond donors (Lipinski definition) is 1. The SMILES string of the molecule is Cc1cccc(C(=O)c2ccc3c(c2)C(C)(C)C(=O)N3)c1. The predicted molar refractivity (Wildman–Crippen MR) is 82.7 cm³/mol. The van der Waals surface area contributed by atoms with Crippen LogP contribution in [0.5, 0.6) is 0 Å². The largest absolute Gasteiger partial charge is 0.325 e. The fourth-order valence-corrected chi connectivity index (χ4v) is 2.67. The number of rotatable bonds is 2. The lowest BCUT2D eigenvalue weighted by atomic mass is 9.84. The lowest BCUT2D eigenvalue weighted by Gasteiger charge is -2.15. The van der Waals surface area contributed by atoms with Crippen molar-refractivity contribution in [3.63, 3.8) is 0 Å². The summed E-state index contributed by atoms with van der Waals surface area (Å²) in [7, 11) is 0. The molecular weight excluding hydrogens is 262 g/mol. The van der Waals surface area contributed by atoms with Crippen LogP contribution < -0.4 is 5.32 Å². The molecule has 106 valence electrons. The highest BCUT2D eigenvalue weighted by atomic mass is 16.2. The average molecular weight is 279 g/mol. The van der Waals surface area contributed by atoms with Crippen molar-refractivity contribution in [3.05, 3.63) is 64.7 Å². The fraction of sp³-hybridized carbons (Fsp3) is 0.222. The predicted octanol–water partition coefficient (Wildman–Crippen LogP) is 3.46. The van der Waals surface area contributed by atoms with E-state index in [1.54, 1.807) is 6.07 Å². The molecule has 0 radical (unpaired) electrons. The Labute approximate surface area is 124 Å². The molecule has 0 saturated carbocycles. The smallest absolute Gasteiger partial charge is 0.234 e. The van der Waals surface area contributed by atoms with E-state index in [4.69, 9.17) is 0 Å². The minimum absolute atomic E-state index is 0.0170. The van der Waals surface area contributed by atoms with Crippen molar-refractivity contribution >= 4 is 17.4 Å². The number of carbonyl (C=O) groups excluding carboxylic acids is 2. The zero-order chi connectivity index (χ0) is 15.2. The minimum atomic E-state index is -0.599. The van der Waals surface area contributed by atoms with Crippen molar-refractivity contribution in [2.24, 2.45) is 0 Å². The summed E-state index contributed by atoms with van der Waals surface area (Å²) in [4.78, 5) is 24.5. The molecule has 0 spiro atoms. The topological polar surface area (TPSA) is 46.2 Å². The normalized spacial score (nSPS) is 15.5. The zero-order valence-corrected chi connectivity index (χ0v) is 12.4. The number of aryl methyl sites for hydroxylation is 1. The number of amides is 1. The van der Waals surface area contributed by atoms with Crippen LogP contribution in [0, 0.1) is 6.92 Å². The van der Waals surface area contributed by atoms with Gasteiger partial charge in [-0.2, -0.15) is 0 Å². The van der Waals surface area contributed by atoms with Crippen LogP contribution in [0.2, 0.25) is 0 Å². The minimum Gasteiger partial charge on any atom is -0.325 e. The van der Waals surface area contributed by atoms with Crippen molar-refractivity contribution in [2.45, 2.75) is 26.2 Å². The lowest BCUT2D eigenvalue weighted by Crippen LogP contribution is -2.27. The van der Waals surface area contributed by atoms with Gasteiger partial charge in [-0.1, -0.05) is 23.8 Å². The van der Waals surface area contributed by atoms with Gasteiger partial charge in [0.1, 0.15) is 0 Å². The number of ketones is 1. The van der Waals surface area contributed by atoms with Crippen LogP contribution in [0.15, 0.2) is 42.5 Å². The molecule has 3 nitrogen and oxygen atoms in total. The molecule has 0 unspecified atom stereocenters. The van der Waals surface area contributed by atoms with Gasteiger partial charge >= 0.3 is 0 Å². The second kappa shape index (κ2) is 4.55. The summed E-state index contributed by atoms with van der Waals surface area (Å²) in [6.07, 6.45) is 0. The molecule has 3 rings (SSSR count). The monoisotopic (exact) mass is 279 g/mol. The summed E-state index contributed by atoms with van der Waals surface area (Å²) < 4.78 is 0. The van der Waals surface area contributed by atoms with E-state index in [2.05, 4.69) is 5.32 Å². The summed E-state index contributed by atoms with van der Waals surface area (Å²) in [5.41, 5.74) is 3.42. The molecule has 1 aliphatic heterocycles. The van der Waals surface area contributed by atoms with Gasteiger partial charge in [0.2, 0.25) is 5.91 Å². The van der Waals surface area contributed by atoms with E-state index in [0.29, 0.717) is 11.1 Å². The van der Waals surface area contributed by atoms with Crippen molar-refractivity contribution in [1.29, 1.82) is 0 Å². The molecule has 0 fully saturated rings. The standard InChI is InChI=1S/C18H17NO2/c1-11-5-4-6-12(9-11)16(20)13-7-8-15-14(10-13)18(2,3)17(21)19-15/h4-10H,1-3H3,(H,19,21). The second-order valence-electron chi connectivity index (χ2n) is 6.04. The molecule has 1 heterocycles. The van der Waals surface area contributed by atoms with Crippen LogP contribution in [0.1, 0.15) is 40.9 Å². The molecule has 2 aromatic rings. The number of fused-ring (bicyclic) bond motifs is 1. The third-order valence-corrected chi connectivity index (χ3v) is 4.05. The second-order valence-corrected chi connectivity index (χ2v) is 6.04. The van der Waals surface area contributed by atoms with E-state index in [0.717, 1.165) is 16.8 Å². The molecule has 0 bridgehead atoms. The van der Waals surface area contributed by atoms with Crippen molar-refractivity contribution < 1.29 is 9.59 Å². The Hall–Kier alpha value is -2.42. The maximum atomic E-state index is 12.6. The first-order valence-electron chi connectivity index (χ1n) is 6.97. The lowest BCUT2D eigenvalue weighted by molar-refractivity contribution is -0.119. The number of benzene rings is 2. The number of carbonyl (C=O) groups is 2. The maximum absolute atomic E-state index is 12.6. The molecule has 0 saturated heterocycles. The Kier molecular flexibility index (Phi) is 2.94. The van der Waals surface area contributed by atoms with E-state index >= 15 is 0 Å². The number of anilines is 1. The molecule has 1 amide bonds.